The summed E-state index contributed by atoms with van der Waals surface area (Å²) in [6, 6.07) is 11.2. The van der Waals surface area contributed by atoms with Crippen LogP contribution in [0.5, 0.6) is 0 Å². The molecule has 5 heteroatoms. The zero-order valence-electron chi connectivity index (χ0n) is 15.9. The van der Waals surface area contributed by atoms with Crippen LogP contribution in [-0.2, 0) is 4.79 Å². The fourth-order valence-electron chi connectivity index (χ4n) is 4.63. The van der Waals surface area contributed by atoms with Gasteiger partial charge in [-0.3, -0.25) is 9.69 Å². The van der Waals surface area contributed by atoms with Crippen molar-refractivity contribution in [2.45, 2.75) is 43.8 Å². The van der Waals surface area contributed by atoms with Gasteiger partial charge in [-0.15, -0.1) is 0 Å². The van der Waals surface area contributed by atoms with Gasteiger partial charge in [0.25, 0.3) is 0 Å². The van der Waals surface area contributed by atoms with E-state index in [-0.39, 0.29) is 11.9 Å². The molecule has 1 unspecified atom stereocenters. The number of nitrogens with zero attached hydrogens (tertiary/aromatic N) is 3. The second-order valence-corrected chi connectivity index (χ2v) is 8.23. The van der Waals surface area contributed by atoms with Gasteiger partial charge in [0, 0.05) is 38.3 Å². The molecule has 0 bridgehead atoms. The maximum atomic E-state index is 13.2. The fourth-order valence-corrected chi connectivity index (χ4v) is 4.63. The number of piperazine rings is 1. The summed E-state index contributed by atoms with van der Waals surface area (Å²) in [5, 5.41) is 3.36. The topological polar surface area (TPSA) is 38.8 Å². The van der Waals surface area contributed by atoms with Gasteiger partial charge in [-0.2, -0.15) is 0 Å². The van der Waals surface area contributed by atoms with E-state index in [0.29, 0.717) is 12.1 Å². The summed E-state index contributed by atoms with van der Waals surface area (Å²) < 4.78 is 0. The van der Waals surface area contributed by atoms with E-state index in [4.69, 9.17) is 0 Å². The number of hydrogen-bond acceptors (Lipinski definition) is 4. The number of carbonyl (C=O) groups is 1. The van der Waals surface area contributed by atoms with Crippen molar-refractivity contribution in [1.82, 2.24) is 20.0 Å². The van der Waals surface area contributed by atoms with Gasteiger partial charge in [-0.05, 0) is 51.4 Å². The number of likely N-dealkylation sites (tertiary alicyclic amines) is 1. The lowest BCUT2D eigenvalue weighted by molar-refractivity contribution is -0.129. The Labute approximate surface area is 157 Å². The van der Waals surface area contributed by atoms with E-state index in [0.717, 1.165) is 44.6 Å². The van der Waals surface area contributed by atoms with Crippen LogP contribution in [0.2, 0.25) is 0 Å². The maximum Gasteiger partial charge on any atom is 0.242 e. The van der Waals surface area contributed by atoms with Crippen molar-refractivity contribution < 1.29 is 4.79 Å². The van der Waals surface area contributed by atoms with E-state index in [1.165, 1.54) is 25.9 Å². The van der Waals surface area contributed by atoms with Crippen molar-refractivity contribution in [1.29, 1.82) is 0 Å². The molecule has 1 aromatic carbocycles. The van der Waals surface area contributed by atoms with Crippen molar-refractivity contribution in [2.75, 3.05) is 46.3 Å². The predicted octanol–water partition coefficient (Wildman–Crippen LogP) is 1.72. The van der Waals surface area contributed by atoms with Crippen LogP contribution in [0.3, 0.4) is 0 Å². The summed E-state index contributed by atoms with van der Waals surface area (Å²) in [5.41, 5.74) is 1.12. The average molecular weight is 357 g/mol. The van der Waals surface area contributed by atoms with Gasteiger partial charge in [-0.25, -0.2) is 0 Å². The van der Waals surface area contributed by atoms with Crippen molar-refractivity contribution in [3.63, 3.8) is 0 Å². The van der Waals surface area contributed by atoms with Crippen molar-refractivity contribution in [2.24, 2.45) is 0 Å². The SMILES string of the molecule is CN1CCN(C(C(=O)NC2CC(N3CCCC3)C2)c2ccccc2)CC1. The smallest absolute Gasteiger partial charge is 0.242 e. The molecular formula is C21H32N4O. The lowest BCUT2D eigenvalue weighted by atomic mass is 9.85. The highest BCUT2D eigenvalue weighted by molar-refractivity contribution is 5.83. The number of carbonyl (C=O) groups excluding carboxylic acids is 1. The van der Waals surface area contributed by atoms with E-state index < -0.39 is 0 Å². The first-order valence-corrected chi connectivity index (χ1v) is 10.2. The molecule has 4 rings (SSSR count). The van der Waals surface area contributed by atoms with Crippen LogP contribution >= 0.6 is 0 Å². The summed E-state index contributed by atoms with van der Waals surface area (Å²) >= 11 is 0. The Bertz CT molecular complexity index is 587. The molecule has 0 aromatic heterocycles. The van der Waals surface area contributed by atoms with Gasteiger partial charge in [-0.1, -0.05) is 30.3 Å². The minimum Gasteiger partial charge on any atom is -0.352 e. The Morgan fingerprint density at radius 2 is 1.65 bits per heavy atom. The van der Waals surface area contributed by atoms with Crippen LogP contribution in [0.15, 0.2) is 30.3 Å². The fraction of sp³-hybridized carbons (Fsp3) is 0.667. The Kier molecular flexibility index (Phi) is 5.57. The van der Waals surface area contributed by atoms with E-state index in [1.807, 2.05) is 18.2 Å². The minimum absolute atomic E-state index is 0.157. The van der Waals surface area contributed by atoms with Gasteiger partial charge in [0.15, 0.2) is 0 Å². The highest BCUT2D eigenvalue weighted by atomic mass is 16.2. The molecule has 0 spiro atoms. The second kappa shape index (κ2) is 8.07. The molecule has 1 atom stereocenters. The standard InChI is InChI=1S/C21H32N4O/c1-23-11-13-25(14-12-23)20(17-7-3-2-4-8-17)21(26)22-18-15-19(16-18)24-9-5-6-10-24/h2-4,7-8,18-20H,5-6,9-16H2,1H3,(H,22,26). The third-order valence-corrected chi connectivity index (χ3v) is 6.38. The monoisotopic (exact) mass is 356 g/mol. The molecule has 5 nitrogen and oxygen atoms in total. The first-order valence-electron chi connectivity index (χ1n) is 10.2. The van der Waals surface area contributed by atoms with Crippen LogP contribution in [0, 0.1) is 0 Å². The van der Waals surface area contributed by atoms with E-state index in [2.05, 4.69) is 39.2 Å². The highest BCUT2D eigenvalue weighted by Gasteiger charge is 2.38. The number of amides is 1. The lowest BCUT2D eigenvalue weighted by Crippen LogP contribution is -2.56. The summed E-state index contributed by atoms with van der Waals surface area (Å²) in [6.07, 6.45) is 4.92. The number of likely N-dealkylation sites (N-methyl/N-ethyl adjacent to an activating group) is 1. The van der Waals surface area contributed by atoms with Crippen LogP contribution in [-0.4, -0.2) is 79.0 Å². The Morgan fingerprint density at radius 3 is 2.31 bits per heavy atom. The summed E-state index contributed by atoms with van der Waals surface area (Å²) in [5.74, 6) is 0.186. The van der Waals surface area contributed by atoms with Gasteiger partial charge in [0.05, 0.1) is 0 Å². The largest absolute Gasteiger partial charge is 0.352 e. The molecule has 1 aliphatic carbocycles. The van der Waals surface area contributed by atoms with Crippen LogP contribution < -0.4 is 5.32 Å². The van der Waals surface area contributed by atoms with Crippen LogP contribution in [0.1, 0.15) is 37.3 Å². The molecule has 3 aliphatic rings. The molecule has 1 amide bonds. The molecular weight excluding hydrogens is 324 g/mol. The summed E-state index contributed by atoms with van der Waals surface area (Å²) in [7, 11) is 2.15. The first-order chi connectivity index (χ1) is 12.7. The quantitative estimate of drug-likeness (QED) is 0.872. The normalized spacial score (nSPS) is 29.3. The van der Waals surface area contributed by atoms with Crippen molar-refractivity contribution in [3.05, 3.63) is 35.9 Å². The van der Waals surface area contributed by atoms with E-state index >= 15 is 0 Å². The van der Waals surface area contributed by atoms with Crippen LogP contribution in [0.25, 0.3) is 0 Å². The van der Waals surface area contributed by atoms with E-state index in [1.54, 1.807) is 0 Å². The number of benzene rings is 1. The molecule has 2 saturated heterocycles. The molecule has 3 fully saturated rings. The third-order valence-electron chi connectivity index (χ3n) is 6.38. The van der Waals surface area contributed by atoms with Crippen molar-refractivity contribution >= 4 is 5.91 Å². The summed E-state index contributed by atoms with van der Waals surface area (Å²) in [4.78, 5) is 20.5. The molecule has 1 N–H and O–H groups in total. The van der Waals surface area contributed by atoms with Gasteiger partial charge < -0.3 is 15.1 Å². The Morgan fingerprint density at radius 1 is 1.00 bits per heavy atom. The lowest BCUT2D eigenvalue weighted by Gasteiger charge is -2.43. The number of nitrogens with one attached hydrogen (secondary N) is 1. The molecule has 26 heavy (non-hydrogen) atoms. The highest BCUT2D eigenvalue weighted by Crippen LogP contribution is 2.30. The zero-order chi connectivity index (χ0) is 17.9. The minimum atomic E-state index is -0.157. The third kappa shape index (κ3) is 3.95. The average Bonchev–Trinajstić information content (AvgIpc) is 3.15. The zero-order valence-corrected chi connectivity index (χ0v) is 15.9. The number of rotatable bonds is 5. The first kappa shape index (κ1) is 18.0. The molecule has 142 valence electrons. The molecule has 2 aliphatic heterocycles. The maximum absolute atomic E-state index is 13.2. The summed E-state index contributed by atoms with van der Waals surface area (Å²) in [6.45, 7) is 6.45. The van der Waals surface area contributed by atoms with Gasteiger partial charge in [0.2, 0.25) is 5.91 Å². The van der Waals surface area contributed by atoms with E-state index in [9.17, 15) is 4.79 Å². The molecule has 0 radical (unpaired) electrons. The van der Waals surface area contributed by atoms with Crippen LogP contribution in [0.4, 0.5) is 0 Å². The van der Waals surface area contributed by atoms with Gasteiger partial charge in [0.1, 0.15) is 6.04 Å². The van der Waals surface area contributed by atoms with Crippen molar-refractivity contribution in [3.8, 4) is 0 Å². The number of hydrogen-bond donors (Lipinski definition) is 1. The Balaban J connectivity index is 1.38. The Hall–Kier alpha value is -1.43. The molecule has 1 aromatic rings. The second-order valence-electron chi connectivity index (χ2n) is 8.23. The molecule has 2 heterocycles. The predicted molar refractivity (Wildman–Crippen MR) is 104 cm³/mol. The molecule has 1 saturated carbocycles. The van der Waals surface area contributed by atoms with Gasteiger partial charge >= 0.3 is 0 Å².